The minimum atomic E-state index is -0.840. The molecule has 2 aromatic rings. The van der Waals surface area contributed by atoms with Gasteiger partial charge >= 0.3 is 5.97 Å². The predicted octanol–water partition coefficient (Wildman–Crippen LogP) is 4.95. The lowest BCUT2D eigenvalue weighted by Crippen LogP contribution is -2.33. The number of hydrazine groups is 1. The van der Waals surface area contributed by atoms with Gasteiger partial charge in [-0.15, -0.1) is 0 Å². The number of amides is 1. The average Bonchev–Trinajstić information content (AvgIpc) is 3.37. The van der Waals surface area contributed by atoms with Crippen molar-refractivity contribution in [2.24, 2.45) is 17.7 Å². The molecule has 0 aromatic heterocycles. The molecule has 0 radical (unpaired) electrons. The maximum atomic E-state index is 13.1. The first kappa shape index (κ1) is 24.6. The van der Waals surface area contributed by atoms with Gasteiger partial charge in [0, 0.05) is 25.9 Å². The fourth-order valence-electron chi connectivity index (χ4n) is 6.99. The van der Waals surface area contributed by atoms with Gasteiger partial charge in [0.05, 0.1) is 23.8 Å². The Bertz CT molecular complexity index is 1160. The van der Waals surface area contributed by atoms with Crippen molar-refractivity contribution in [3.63, 3.8) is 0 Å². The summed E-state index contributed by atoms with van der Waals surface area (Å²) in [5, 5.41) is 13.0. The number of hydrogen-bond acceptors (Lipinski definition) is 5. The Morgan fingerprint density at radius 3 is 2.64 bits per heavy atom. The van der Waals surface area contributed by atoms with Crippen molar-refractivity contribution >= 4 is 23.3 Å². The molecule has 1 heterocycles. The van der Waals surface area contributed by atoms with Gasteiger partial charge in [-0.1, -0.05) is 43.5 Å². The summed E-state index contributed by atoms with van der Waals surface area (Å²) in [6.07, 6.45) is 7.81. The van der Waals surface area contributed by atoms with E-state index in [4.69, 9.17) is 5.84 Å². The summed E-state index contributed by atoms with van der Waals surface area (Å²) in [6, 6.07) is 10.5. The van der Waals surface area contributed by atoms with Crippen molar-refractivity contribution in [1.29, 1.82) is 0 Å². The number of hydrogen-bond donors (Lipinski definition) is 4. The molecule has 7 nitrogen and oxygen atoms in total. The number of nitrogens with zero attached hydrogens (tertiary/aromatic N) is 1. The Balaban J connectivity index is 1.51. The Labute approximate surface area is 213 Å². The minimum Gasteiger partial charge on any atom is -0.481 e. The van der Waals surface area contributed by atoms with Crippen LogP contribution in [0.1, 0.15) is 84.7 Å². The Morgan fingerprint density at radius 1 is 1.17 bits per heavy atom. The van der Waals surface area contributed by atoms with Crippen molar-refractivity contribution in [3.8, 4) is 0 Å². The number of carbonyl (C=O) groups excluding carboxylic acids is 1. The zero-order valence-corrected chi connectivity index (χ0v) is 21.3. The van der Waals surface area contributed by atoms with Gasteiger partial charge in [0.2, 0.25) is 5.91 Å². The molecule has 1 saturated heterocycles. The third kappa shape index (κ3) is 4.45. The molecule has 0 bridgehead atoms. The van der Waals surface area contributed by atoms with Crippen LogP contribution in [0.3, 0.4) is 0 Å². The second-order valence-electron chi connectivity index (χ2n) is 10.9. The van der Waals surface area contributed by atoms with Gasteiger partial charge in [0.1, 0.15) is 0 Å². The molecule has 36 heavy (non-hydrogen) atoms. The summed E-state index contributed by atoms with van der Waals surface area (Å²) in [5.41, 5.74) is 9.80. The van der Waals surface area contributed by atoms with Crippen LogP contribution in [0.5, 0.6) is 0 Å². The molecular formula is C29H38N4O3. The third-order valence-electron chi connectivity index (χ3n) is 8.77. The van der Waals surface area contributed by atoms with Gasteiger partial charge in [0.15, 0.2) is 0 Å². The fraction of sp³-hybridized carbons (Fsp3) is 0.517. The second kappa shape index (κ2) is 10.1. The highest BCUT2D eigenvalue weighted by Crippen LogP contribution is 2.49. The zero-order chi connectivity index (χ0) is 25.4. The first-order valence-electron chi connectivity index (χ1n) is 13.3. The van der Waals surface area contributed by atoms with Crippen molar-refractivity contribution in [2.45, 2.75) is 70.3 Å². The van der Waals surface area contributed by atoms with E-state index in [1.165, 1.54) is 43.2 Å². The number of carboxylic acids is 1. The Hall–Kier alpha value is -3.06. The van der Waals surface area contributed by atoms with Crippen molar-refractivity contribution in [1.82, 2.24) is 4.90 Å². The summed E-state index contributed by atoms with van der Waals surface area (Å²) in [7, 11) is 1.84. The van der Waals surface area contributed by atoms with Crippen LogP contribution in [0.25, 0.3) is 0 Å². The van der Waals surface area contributed by atoms with Gasteiger partial charge in [-0.25, -0.2) is 0 Å². The molecule has 3 atom stereocenters. The Kier molecular flexibility index (Phi) is 6.93. The van der Waals surface area contributed by atoms with Crippen molar-refractivity contribution < 1.29 is 14.7 Å². The summed E-state index contributed by atoms with van der Waals surface area (Å²) >= 11 is 0. The first-order chi connectivity index (χ1) is 17.4. The number of likely N-dealkylation sites (tertiary alicyclic amines) is 1. The van der Waals surface area contributed by atoms with E-state index in [-0.39, 0.29) is 24.3 Å². The normalized spacial score (nSPS) is 22.3. The lowest BCUT2D eigenvalue weighted by atomic mass is 9.83. The summed E-state index contributed by atoms with van der Waals surface area (Å²) in [4.78, 5) is 27.2. The highest BCUT2D eigenvalue weighted by molar-refractivity contribution is 5.81. The Morgan fingerprint density at radius 2 is 1.94 bits per heavy atom. The predicted molar refractivity (Wildman–Crippen MR) is 142 cm³/mol. The molecule has 2 aliphatic carbocycles. The number of rotatable bonds is 8. The maximum absolute atomic E-state index is 13.1. The number of carboxylic acid groups (broad SMARTS) is 1. The van der Waals surface area contributed by atoms with E-state index >= 15 is 0 Å². The minimum absolute atomic E-state index is 0.0125. The van der Waals surface area contributed by atoms with Crippen LogP contribution < -0.4 is 16.6 Å². The molecule has 1 amide bonds. The van der Waals surface area contributed by atoms with E-state index in [0.29, 0.717) is 18.3 Å². The van der Waals surface area contributed by atoms with Crippen molar-refractivity contribution in [2.75, 3.05) is 24.3 Å². The van der Waals surface area contributed by atoms with Crippen LogP contribution in [-0.4, -0.2) is 35.5 Å². The number of nitrogens with one attached hydrogen (secondary N) is 2. The fourth-order valence-corrected chi connectivity index (χ4v) is 6.99. The van der Waals surface area contributed by atoms with E-state index < -0.39 is 5.97 Å². The van der Waals surface area contributed by atoms with Crippen LogP contribution in [-0.2, 0) is 16.0 Å². The largest absolute Gasteiger partial charge is 0.481 e. The number of nitrogens with two attached hydrogens (primary N) is 1. The average molecular weight is 491 g/mol. The quantitative estimate of drug-likeness (QED) is 0.308. The maximum Gasteiger partial charge on any atom is 0.304 e. The van der Waals surface area contributed by atoms with Gasteiger partial charge in [-0.2, -0.15) is 0 Å². The number of aliphatic carboxylic acids is 1. The topological polar surface area (TPSA) is 108 Å². The van der Waals surface area contributed by atoms with E-state index in [1.807, 2.05) is 26.1 Å². The molecule has 0 spiro atoms. The first-order valence-corrected chi connectivity index (χ1v) is 13.3. The summed E-state index contributed by atoms with van der Waals surface area (Å²) < 4.78 is 0. The smallest absolute Gasteiger partial charge is 0.304 e. The molecule has 7 heteroatoms. The van der Waals surface area contributed by atoms with E-state index in [1.54, 1.807) is 0 Å². The summed E-state index contributed by atoms with van der Waals surface area (Å²) in [5.74, 6) is 5.89. The van der Waals surface area contributed by atoms with Crippen molar-refractivity contribution in [3.05, 3.63) is 58.1 Å². The molecule has 2 fully saturated rings. The number of benzene rings is 2. The molecule has 5 N–H and O–H groups in total. The van der Waals surface area contributed by atoms with Gasteiger partial charge in [-0.3, -0.25) is 15.4 Å². The highest BCUT2D eigenvalue weighted by atomic mass is 16.4. The number of nitrogen functional groups attached to an aromatic ring is 1. The molecular weight excluding hydrogens is 452 g/mol. The van der Waals surface area contributed by atoms with Gasteiger partial charge < -0.3 is 20.7 Å². The highest BCUT2D eigenvalue weighted by Gasteiger charge is 2.46. The van der Waals surface area contributed by atoms with E-state index in [2.05, 4.69) is 33.8 Å². The molecule has 3 unspecified atom stereocenters. The molecule has 5 rings (SSSR count). The van der Waals surface area contributed by atoms with Gasteiger partial charge in [-0.05, 0) is 71.9 Å². The number of carbonyl (C=O) groups is 2. The molecule has 1 aliphatic heterocycles. The van der Waals surface area contributed by atoms with Crippen LogP contribution >= 0.6 is 0 Å². The van der Waals surface area contributed by atoms with Crippen LogP contribution in [0, 0.1) is 18.8 Å². The third-order valence-corrected chi connectivity index (χ3v) is 8.77. The SMILES string of the molecule is CNc1ccc(C(CC(=O)O)c2ccc3c(c2)C2C(CC(=O)N2CC2CCCCC2)C3)c(C)c1NN. The second-order valence-corrected chi connectivity index (χ2v) is 10.9. The van der Waals surface area contributed by atoms with E-state index in [0.717, 1.165) is 41.0 Å². The van der Waals surface area contributed by atoms with Crippen LogP contribution in [0.2, 0.25) is 0 Å². The monoisotopic (exact) mass is 490 g/mol. The van der Waals surface area contributed by atoms with Gasteiger partial charge in [0.25, 0.3) is 0 Å². The van der Waals surface area contributed by atoms with E-state index in [9.17, 15) is 14.7 Å². The van der Waals surface area contributed by atoms with Crippen LogP contribution in [0.15, 0.2) is 30.3 Å². The standard InChI is InChI=1S/C29H38N4O3/c1-17-22(10-11-25(31-2)28(17)32-30)23(15-27(35)36)20-9-8-19-12-21-14-26(34)33(29(21)24(19)13-20)16-18-6-4-3-5-7-18/h8-11,13,18,21,23,29,31-32H,3-7,12,14-16,30H2,1-2H3,(H,35,36). The molecule has 3 aliphatic rings. The van der Waals surface area contributed by atoms with Crippen LogP contribution in [0.4, 0.5) is 11.4 Å². The zero-order valence-electron chi connectivity index (χ0n) is 21.3. The lowest BCUT2D eigenvalue weighted by molar-refractivity contribution is -0.137. The molecule has 1 saturated carbocycles. The number of fused-ring (bicyclic) bond motifs is 3. The molecule has 2 aromatic carbocycles. The molecule has 192 valence electrons. The number of anilines is 2. The lowest BCUT2D eigenvalue weighted by Gasteiger charge is -2.32. The summed E-state index contributed by atoms with van der Waals surface area (Å²) in [6.45, 7) is 2.84.